The highest BCUT2D eigenvalue weighted by molar-refractivity contribution is 7.89. The Kier molecular flexibility index (Phi) is 3.69. The highest BCUT2D eigenvalue weighted by Gasteiger charge is 2.14. The van der Waals surface area contributed by atoms with Crippen LogP contribution in [0.1, 0.15) is 11.1 Å². The number of benzene rings is 2. The molecule has 106 valence electrons. The molecule has 0 aromatic heterocycles. The fourth-order valence-electron chi connectivity index (χ4n) is 1.88. The van der Waals surface area contributed by atoms with Crippen LogP contribution in [0.25, 0.3) is 0 Å². The van der Waals surface area contributed by atoms with Gasteiger partial charge in [0.05, 0.1) is 11.4 Å². The van der Waals surface area contributed by atoms with E-state index in [2.05, 4.69) is 5.32 Å². The van der Waals surface area contributed by atoms with E-state index in [1.54, 1.807) is 12.1 Å². The second kappa shape index (κ2) is 5.15. The average molecular weight is 291 g/mol. The highest BCUT2D eigenvalue weighted by atomic mass is 32.2. The van der Waals surface area contributed by atoms with Gasteiger partial charge in [0.15, 0.2) is 0 Å². The molecule has 5 N–H and O–H groups in total. The van der Waals surface area contributed by atoms with Crippen molar-refractivity contribution in [2.45, 2.75) is 18.7 Å². The van der Waals surface area contributed by atoms with Crippen molar-refractivity contribution in [3.63, 3.8) is 0 Å². The molecule has 0 spiro atoms. The summed E-state index contributed by atoms with van der Waals surface area (Å²) in [6.45, 7) is 4.03. The minimum absolute atomic E-state index is 0.0775. The van der Waals surface area contributed by atoms with Crippen LogP contribution < -0.4 is 16.2 Å². The van der Waals surface area contributed by atoms with Gasteiger partial charge in [-0.1, -0.05) is 12.1 Å². The predicted molar refractivity (Wildman–Crippen MR) is 81.4 cm³/mol. The van der Waals surface area contributed by atoms with Crippen LogP contribution in [0.4, 0.5) is 17.1 Å². The molecule has 0 aliphatic heterocycles. The Morgan fingerprint density at radius 1 is 1.05 bits per heavy atom. The van der Waals surface area contributed by atoms with E-state index in [4.69, 9.17) is 10.9 Å². The van der Waals surface area contributed by atoms with Gasteiger partial charge in [-0.05, 0) is 49.2 Å². The summed E-state index contributed by atoms with van der Waals surface area (Å²) in [5.41, 5.74) is 9.65. The summed E-state index contributed by atoms with van der Waals surface area (Å²) < 4.78 is 22.9. The van der Waals surface area contributed by atoms with Gasteiger partial charge >= 0.3 is 0 Å². The van der Waals surface area contributed by atoms with E-state index in [-0.39, 0.29) is 10.6 Å². The zero-order valence-electron chi connectivity index (χ0n) is 11.3. The van der Waals surface area contributed by atoms with Crippen molar-refractivity contribution in [2.24, 2.45) is 5.14 Å². The lowest BCUT2D eigenvalue weighted by Crippen LogP contribution is -2.15. The summed E-state index contributed by atoms with van der Waals surface area (Å²) in [5.74, 6) is 0. The quantitative estimate of drug-likeness (QED) is 0.755. The lowest BCUT2D eigenvalue weighted by molar-refractivity contribution is 0.598. The molecule has 2 rings (SSSR count). The maximum atomic E-state index is 11.4. The molecule has 0 unspecified atom stereocenters. The van der Waals surface area contributed by atoms with E-state index in [9.17, 15) is 8.42 Å². The first kappa shape index (κ1) is 14.4. The molecule has 6 heteroatoms. The van der Waals surface area contributed by atoms with E-state index in [0.29, 0.717) is 5.69 Å². The molecule has 0 aliphatic carbocycles. The molecule has 0 amide bonds. The van der Waals surface area contributed by atoms with Gasteiger partial charge in [-0.2, -0.15) is 0 Å². The molecular formula is C14H17N3O2S. The molecule has 0 aliphatic rings. The van der Waals surface area contributed by atoms with Crippen LogP contribution >= 0.6 is 0 Å². The maximum absolute atomic E-state index is 11.4. The van der Waals surface area contributed by atoms with Crippen LogP contribution in [0.2, 0.25) is 0 Å². The molecule has 5 nitrogen and oxygen atoms in total. The van der Waals surface area contributed by atoms with Gasteiger partial charge in [0.25, 0.3) is 0 Å². The molecule has 20 heavy (non-hydrogen) atoms. The predicted octanol–water partition coefficient (Wildman–Crippen LogP) is 2.28. The number of hydrogen-bond acceptors (Lipinski definition) is 4. The normalized spacial score (nSPS) is 11.3. The van der Waals surface area contributed by atoms with Crippen LogP contribution in [0, 0.1) is 13.8 Å². The number of para-hydroxylation sites is 1. The number of sulfonamides is 1. The molecule has 2 aromatic rings. The second-order valence-corrected chi connectivity index (χ2v) is 6.22. The standard InChI is InChI=1S/C14H17N3O2S/c1-9-6-7-11(8-10(9)2)17-12-4-3-5-13(14(12)15)20(16,18)19/h3-8,17H,15H2,1-2H3,(H2,16,18,19). The fraction of sp³-hybridized carbons (Fsp3) is 0.143. The van der Waals surface area contributed by atoms with Crippen molar-refractivity contribution in [2.75, 3.05) is 11.1 Å². The van der Waals surface area contributed by atoms with Gasteiger partial charge in [0.2, 0.25) is 10.0 Å². The third-order valence-corrected chi connectivity index (χ3v) is 4.13. The van der Waals surface area contributed by atoms with Crippen LogP contribution in [0.3, 0.4) is 0 Å². The lowest BCUT2D eigenvalue weighted by atomic mass is 10.1. The number of nitrogens with two attached hydrogens (primary N) is 2. The minimum Gasteiger partial charge on any atom is -0.396 e. The number of nitrogens with one attached hydrogen (secondary N) is 1. The zero-order chi connectivity index (χ0) is 14.9. The zero-order valence-corrected chi connectivity index (χ0v) is 12.2. The number of anilines is 3. The monoisotopic (exact) mass is 291 g/mol. The highest BCUT2D eigenvalue weighted by Crippen LogP contribution is 2.29. The van der Waals surface area contributed by atoms with E-state index in [1.807, 2.05) is 32.0 Å². The molecule has 0 saturated carbocycles. The van der Waals surface area contributed by atoms with Crippen molar-refractivity contribution in [1.29, 1.82) is 0 Å². The molecule has 0 radical (unpaired) electrons. The first-order chi connectivity index (χ1) is 9.29. The van der Waals surface area contributed by atoms with Crippen molar-refractivity contribution in [3.05, 3.63) is 47.5 Å². The third-order valence-electron chi connectivity index (χ3n) is 3.16. The van der Waals surface area contributed by atoms with E-state index in [1.165, 1.54) is 11.6 Å². The van der Waals surface area contributed by atoms with E-state index in [0.717, 1.165) is 11.3 Å². The van der Waals surface area contributed by atoms with Crippen molar-refractivity contribution >= 4 is 27.1 Å². The lowest BCUT2D eigenvalue weighted by Gasteiger charge is -2.13. The van der Waals surface area contributed by atoms with Crippen molar-refractivity contribution in [1.82, 2.24) is 0 Å². The Morgan fingerprint density at radius 3 is 2.35 bits per heavy atom. The van der Waals surface area contributed by atoms with Crippen LogP contribution in [0.15, 0.2) is 41.3 Å². The van der Waals surface area contributed by atoms with Gasteiger partial charge in [0.1, 0.15) is 4.90 Å². The average Bonchev–Trinajstić information content (AvgIpc) is 2.35. The van der Waals surface area contributed by atoms with Gasteiger partial charge < -0.3 is 11.1 Å². The molecule has 0 heterocycles. The molecule has 0 saturated heterocycles. The summed E-state index contributed by atoms with van der Waals surface area (Å²) in [6, 6.07) is 10.6. The topological polar surface area (TPSA) is 98.2 Å². The number of nitrogen functional groups attached to an aromatic ring is 1. The van der Waals surface area contributed by atoms with Gasteiger partial charge in [-0.3, -0.25) is 0 Å². The Hall–Kier alpha value is -2.05. The van der Waals surface area contributed by atoms with Crippen molar-refractivity contribution < 1.29 is 8.42 Å². The summed E-state index contributed by atoms with van der Waals surface area (Å²) in [6.07, 6.45) is 0. The smallest absolute Gasteiger partial charge is 0.240 e. The molecule has 0 atom stereocenters. The van der Waals surface area contributed by atoms with Gasteiger partial charge in [0, 0.05) is 5.69 Å². The molecule has 0 bridgehead atoms. The molecular weight excluding hydrogens is 274 g/mol. The molecule has 0 fully saturated rings. The largest absolute Gasteiger partial charge is 0.396 e. The first-order valence-electron chi connectivity index (χ1n) is 6.04. The number of primary sulfonamides is 1. The van der Waals surface area contributed by atoms with Crippen LogP contribution in [0.5, 0.6) is 0 Å². The Morgan fingerprint density at radius 2 is 1.75 bits per heavy atom. The summed E-state index contributed by atoms with van der Waals surface area (Å²) >= 11 is 0. The Labute approximate surface area is 118 Å². The maximum Gasteiger partial charge on any atom is 0.240 e. The number of aryl methyl sites for hydroxylation is 2. The minimum atomic E-state index is -3.83. The molecule has 2 aromatic carbocycles. The fourth-order valence-corrected chi connectivity index (χ4v) is 2.56. The van der Waals surface area contributed by atoms with Gasteiger partial charge in [-0.25, -0.2) is 13.6 Å². The second-order valence-electron chi connectivity index (χ2n) is 4.69. The Balaban J connectivity index is 2.42. The Bertz CT molecular complexity index is 755. The third kappa shape index (κ3) is 2.92. The van der Waals surface area contributed by atoms with Crippen molar-refractivity contribution in [3.8, 4) is 0 Å². The number of hydrogen-bond donors (Lipinski definition) is 3. The summed E-state index contributed by atoms with van der Waals surface area (Å²) in [4.78, 5) is -0.0775. The van der Waals surface area contributed by atoms with Crippen LogP contribution in [-0.4, -0.2) is 8.42 Å². The summed E-state index contributed by atoms with van der Waals surface area (Å²) in [7, 11) is -3.83. The van der Waals surface area contributed by atoms with E-state index < -0.39 is 10.0 Å². The first-order valence-corrected chi connectivity index (χ1v) is 7.59. The van der Waals surface area contributed by atoms with E-state index >= 15 is 0 Å². The SMILES string of the molecule is Cc1ccc(Nc2cccc(S(N)(=O)=O)c2N)cc1C. The summed E-state index contributed by atoms with van der Waals surface area (Å²) in [5, 5.41) is 8.24. The number of rotatable bonds is 3. The van der Waals surface area contributed by atoms with Gasteiger partial charge in [-0.15, -0.1) is 0 Å². The van der Waals surface area contributed by atoms with Crippen LogP contribution in [-0.2, 0) is 10.0 Å².